The largest absolute Gasteiger partial charge is 0.269 e. The van der Waals surface area contributed by atoms with Crippen LogP contribution in [0.4, 0.5) is 5.69 Å². The van der Waals surface area contributed by atoms with Crippen LogP contribution in [0, 0.1) is 10.1 Å². The molecule has 7 nitrogen and oxygen atoms in total. The average molecular weight is 223 g/mol. The third kappa shape index (κ3) is 1.94. The topological polar surface area (TPSA) is 86.7 Å². The molecule has 0 N–H and O–H groups in total. The molecular formula is C7H5N5O2S. The number of rotatable bonds is 2. The van der Waals surface area contributed by atoms with Crippen LogP contribution in [0.5, 0.6) is 0 Å². The summed E-state index contributed by atoms with van der Waals surface area (Å²) in [5.41, 5.74) is 0.610. The van der Waals surface area contributed by atoms with Crippen LogP contribution in [-0.2, 0) is 0 Å². The molecule has 0 saturated heterocycles. The van der Waals surface area contributed by atoms with Gasteiger partial charge in [-0.2, -0.15) is 0 Å². The van der Waals surface area contributed by atoms with Gasteiger partial charge in [0.05, 0.1) is 10.6 Å². The van der Waals surface area contributed by atoms with Gasteiger partial charge in [0, 0.05) is 12.1 Å². The number of tetrazole rings is 1. The molecule has 0 aliphatic rings. The van der Waals surface area contributed by atoms with Crippen LogP contribution >= 0.6 is 12.6 Å². The van der Waals surface area contributed by atoms with E-state index in [0.29, 0.717) is 5.69 Å². The minimum atomic E-state index is -0.470. The van der Waals surface area contributed by atoms with E-state index in [4.69, 9.17) is 0 Å². The fraction of sp³-hybridized carbons (Fsp3) is 0. The maximum atomic E-state index is 10.4. The summed E-state index contributed by atoms with van der Waals surface area (Å²) < 4.78 is 0. The molecule has 0 saturated carbocycles. The molecule has 0 fully saturated rings. The van der Waals surface area contributed by atoms with Crippen LogP contribution in [0.3, 0.4) is 0 Å². The molecule has 8 heteroatoms. The fourth-order valence-electron chi connectivity index (χ4n) is 1.02. The van der Waals surface area contributed by atoms with Gasteiger partial charge in [0.1, 0.15) is 0 Å². The lowest BCUT2D eigenvalue weighted by Gasteiger charge is -1.96. The first kappa shape index (κ1) is 9.59. The smallest absolute Gasteiger partial charge is 0.258 e. The number of non-ortho nitro benzene ring substituents is 1. The lowest BCUT2D eigenvalue weighted by molar-refractivity contribution is -0.384. The summed E-state index contributed by atoms with van der Waals surface area (Å²) in [6.45, 7) is 0. The Morgan fingerprint density at radius 3 is 2.47 bits per heavy atom. The van der Waals surface area contributed by atoms with Crippen molar-refractivity contribution in [2.24, 2.45) is 0 Å². The molecule has 0 spiro atoms. The van der Waals surface area contributed by atoms with E-state index in [-0.39, 0.29) is 10.8 Å². The van der Waals surface area contributed by atoms with Crippen molar-refractivity contribution in [1.29, 1.82) is 0 Å². The molecule has 1 aromatic heterocycles. The van der Waals surface area contributed by atoms with E-state index in [0.717, 1.165) is 0 Å². The predicted molar refractivity (Wildman–Crippen MR) is 53.1 cm³/mol. The van der Waals surface area contributed by atoms with E-state index in [1.165, 1.54) is 29.1 Å². The molecule has 0 aliphatic heterocycles. The molecule has 2 rings (SSSR count). The Bertz CT molecular complexity index is 494. The number of benzene rings is 1. The Hall–Kier alpha value is -1.96. The molecule has 0 unspecified atom stereocenters. The first-order valence-electron chi connectivity index (χ1n) is 3.90. The van der Waals surface area contributed by atoms with Crippen molar-refractivity contribution in [3.8, 4) is 5.69 Å². The number of nitro benzene ring substituents is 1. The zero-order valence-electron chi connectivity index (χ0n) is 7.31. The Morgan fingerprint density at radius 2 is 2.00 bits per heavy atom. The second kappa shape index (κ2) is 3.65. The summed E-state index contributed by atoms with van der Waals surface area (Å²) in [4.78, 5) is 11.2. The summed E-state index contributed by atoms with van der Waals surface area (Å²) in [7, 11) is 0. The van der Waals surface area contributed by atoms with Gasteiger partial charge < -0.3 is 0 Å². The van der Waals surface area contributed by atoms with Crippen molar-refractivity contribution in [3.05, 3.63) is 34.4 Å². The third-order valence-electron chi connectivity index (χ3n) is 1.69. The van der Waals surface area contributed by atoms with Crippen LogP contribution in [-0.4, -0.2) is 25.1 Å². The van der Waals surface area contributed by atoms with Gasteiger partial charge >= 0.3 is 0 Å². The van der Waals surface area contributed by atoms with Gasteiger partial charge in [0.15, 0.2) is 0 Å². The van der Waals surface area contributed by atoms with Gasteiger partial charge in [-0.05, 0) is 17.3 Å². The van der Waals surface area contributed by atoms with Crippen molar-refractivity contribution in [2.75, 3.05) is 0 Å². The number of nitrogens with zero attached hydrogens (tertiary/aromatic N) is 5. The Morgan fingerprint density at radius 1 is 1.33 bits per heavy atom. The minimum Gasteiger partial charge on any atom is -0.258 e. The number of aromatic nitrogens is 4. The summed E-state index contributed by atoms with van der Waals surface area (Å²) in [6.07, 6.45) is 0. The Labute approximate surface area is 89.3 Å². The maximum absolute atomic E-state index is 10.4. The summed E-state index contributed by atoms with van der Waals surface area (Å²) in [5.74, 6) is 0. The van der Waals surface area contributed by atoms with Crippen LogP contribution in [0.2, 0.25) is 0 Å². The van der Waals surface area contributed by atoms with Crippen LogP contribution in [0.15, 0.2) is 29.4 Å². The van der Waals surface area contributed by atoms with E-state index in [2.05, 4.69) is 28.0 Å². The lowest BCUT2D eigenvalue weighted by Crippen LogP contribution is -1.99. The van der Waals surface area contributed by atoms with Crippen molar-refractivity contribution in [3.63, 3.8) is 0 Å². The molecule has 0 amide bonds. The van der Waals surface area contributed by atoms with E-state index >= 15 is 0 Å². The number of nitro groups is 1. The van der Waals surface area contributed by atoms with Crippen LogP contribution < -0.4 is 0 Å². The van der Waals surface area contributed by atoms with Crippen molar-refractivity contribution in [1.82, 2.24) is 20.2 Å². The molecule has 1 aromatic carbocycles. The summed E-state index contributed by atoms with van der Waals surface area (Å²) >= 11 is 3.89. The van der Waals surface area contributed by atoms with E-state index < -0.39 is 4.92 Å². The van der Waals surface area contributed by atoms with Crippen molar-refractivity contribution < 1.29 is 4.92 Å². The second-order valence-corrected chi connectivity index (χ2v) is 3.05. The van der Waals surface area contributed by atoms with Crippen LogP contribution in [0.1, 0.15) is 0 Å². The van der Waals surface area contributed by atoms with Gasteiger partial charge in [-0.25, -0.2) is 0 Å². The molecule has 0 aliphatic carbocycles. The minimum absolute atomic E-state index is 0.0185. The maximum Gasteiger partial charge on any atom is 0.269 e. The van der Waals surface area contributed by atoms with Gasteiger partial charge in [0.25, 0.3) is 5.69 Å². The highest BCUT2D eigenvalue weighted by Gasteiger charge is 2.06. The van der Waals surface area contributed by atoms with Gasteiger partial charge in [-0.3, -0.25) is 10.1 Å². The highest BCUT2D eigenvalue weighted by molar-refractivity contribution is 7.80. The van der Waals surface area contributed by atoms with Gasteiger partial charge in [-0.1, -0.05) is 12.6 Å². The predicted octanol–water partition coefficient (Wildman–Crippen LogP) is 0.859. The van der Waals surface area contributed by atoms with E-state index in [9.17, 15) is 10.1 Å². The number of thiol groups is 1. The highest BCUT2D eigenvalue weighted by Crippen LogP contribution is 2.13. The molecule has 2 aromatic rings. The number of hydrogen-bond donors (Lipinski definition) is 1. The number of hydrogen-bond acceptors (Lipinski definition) is 6. The molecule has 15 heavy (non-hydrogen) atoms. The third-order valence-corrected chi connectivity index (χ3v) is 1.87. The normalized spacial score (nSPS) is 10.2. The first-order chi connectivity index (χ1) is 7.16. The standard InChI is InChI=1S/C7H5N5O2S/c13-12(14)6-3-1-5(2-4-6)11-9-7(15)8-10-11/h1-4H,(H,9,15). The Kier molecular flexibility index (Phi) is 2.34. The highest BCUT2D eigenvalue weighted by atomic mass is 32.1. The van der Waals surface area contributed by atoms with Gasteiger partial charge in [-0.15, -0.1) is 15.0 Å². The summed E-state index contributed by atoms with van der Waals surface area (Å²) in [6, 6.07) is 5.81. The zero-order valence-corrected chi connectivity index (χ0v) is 8.20. The lowest BCUT2D eigenvalue weighted by atomic mass is 10.3. The fourth-order valence-corrected chi connectivity index (χ4v) is 1.15. The van der Waals surface area contributed by atoms with E-state index in [1.54, 1.807) is 0 Å². The molecular weight excluding hydrogens is 218 g/mol. The quantitative estimate of drug-likeness (QED) is 0.463. The average Bonchev–Trinajstić information content (AvgIpc) is 2.65. The molecule has 0 atom stereocenters. The van der Waals surface area contributed by atoms with Crippen LogP contribution in [0.25, 0.3) is 5.69 Å². The van der Waals surface area contributed by atoms with E-state index in [1.807, 2.05) is 0 Å². The monoisotopic (exact) mass is 223 g/mol. The summed E-state index contributed by atoms with van der Waals surface area (Å²) in [5, 5.41) is 21.7. The zero-order chi connectivity index (χ0) is 10.8. The van der Waals surface area contributed by atoms with Gasteiger partial charge in [0.2, 0.25) is 5.16 Å². The molecule has 1 heterocycles. The van der Waals surface area contributed by atoms with Crippen molar-refractivity contribution in [2.45, 2.75) is 5.16 Å². The molecule has 0 bridgehead atoms. The first-order valence-corrected chi connectivity index (χ1v) is 4.35. The SMILES string of the molecule is O=[N+]([O-])c1ccc(-n2nnc(S)n2)cc1. The molecule has 76 valence electrons. The molecule has 0 radical (unpaired) electrons. The van der Waals surface area contributed by atoms with Crippen molar-refractivity contribution >= 4 is 18.3 Å². The second-order valence-electron chi connectivity index (χ2n) is 2.65. The Balaban J connectivity index is 2.35.